The largest absolute Gasteiger partial charge is 0.409 e. The van der Waals surface area contributed by atoms with Crippen LogP contribution in [0.25, 0.3) is 0 Å². The molecule has 1 aromatic rings. The number of nitrogens with zero attached hydrogens (tertiary/aromatic N) is 2. The van der Waals surface area contributed by atoms with Gasteiger partial charge in [0.2, 0.25) is 0 Å². The maximum Gasteiger partial charge on any atom is 0.400 e. The van der Waals surface area contributed by atoms with Gasteiger partial charge in [0.15, 0.2) is 5.84 Å². The highest BCUT2D eigenvalue weighted by Crippen LogP contribution is 2.25. The number of pyridine rings is 1. The van der Waals surface area contributed by atoms with Gasteiger partial charge in [-0.2, -0.15) is 13.2 Å². The summed E-state index contributed by atoms with van der Waals surface area (Å²) in [6, 6.07) is 3.36. The van der Waals surface area contributed by atoms with E-state index < -0.39 is 24.5 Å². The van der Waals surface area contributed by atoms with E-state index in [2.05, 4.69) is 15.5 Å². The summed E-state index contributed by atoms with van der Waals surface area (Å²) in [5.74, 6) is -2.87. The number of rotatable bonds is 5. The van der Waals surface area contributed by atoms with Crippen LogP contribution in [0.1, 0.15) is 5.56 Å². The van der Waals surface area contributed by atoms with Crippen LogP contribution < -0.4 is 11.1 Å². The first-order valence-corrected chi connectivity index (χ1v) is 5.09. The van der Waals surface area contributed by atoms with Crippen LogP contribution in [-0.2, 0) is 6.54 Å². The topological polar surface area (TPSA) is 83.5 Å². The van der Waals surface area contributed by atoms with Crippen LogP contribution in [0.15, 0.2) is 29.7 Å². The number of hydrogen-bond acceptors (Lipinski definition) is 4. The zero-order valence-electron chi connectivity index (χ0n) is 9.35. The fraction of sp³-hybridized carbons (Fsp3) is 0.400. The maximum absolute atomic E-state index is 12.6. The van der Waals surface area contributed by atoms with Crippen LogP contribution in [0.5, 0.6) is 0 Å². The van der Waals surface area contributed by atoms with Crippen molar-refractivity contribution in [2.75, 3.05) is 6.54 Å². The Hall–Kier alpha value is -1.83. The third-order valence-corrected chi connectivity index (χ3v) is 2.29. The van der Waals surface area contributed by atoms with Crippen molar-refractivity contribution in [3.8, 4) is 0 Å². The lowest BCUT2D eigenvalue weighted by atomic mass is 10.1. The number of hydrogen-bond donors (Lipinski definition) is 3. The molecule has 4 N–H and O–H groups in total. The van der Waals surface area contributed by atoms with E-state index >= 15 is 0 Å². The van der Waals surface area contributed by atoms with E-state index in [0.29, 0.717) is 0 Å². The maximum atomic E-state index is 12.6. The third kappa shape index (κ3) is 4.21. The summed E-state index contributed by atoms with van der Waals surface area (Å²) in [4.78, 5) is 3.79. The van der Waals surface area contributed by atoms with Crippen LogP contribution in [0, 0.1) is 5.92 Å². The second kappa shape index (κ2) is 6.20. The van der Waals surface area contributed by atoms with Crippen molar-refractivity contribution in [2.45, 2.75) is 12.7 Å². The summed E-state index contributed by atoms with van der Waals surface area (Å²) in [5.41, 5.74) is 5.81. The summed E-state index contributed by atoms with van der Waals surface area (Å²) >= 11 is 0. The summed E-state index contributed by atoms with van der Waals surface area (Å²) in [5, 5.41) is 13.3. The Labute approximate surface area is 102 Å². The minimum absolute atomic E-state index is 0.244. The van der Waals surface area contributed by atoms with Gasteiger partial charge in [-0.05, 0) is 17.7 Å². The Bertz CT molecular complexity index is 394. The van der Waals surface area contributed by atoms with Crippen molar-refractivity contribution >= 4 is 5.84 Å². The lowest BCUT2D eigenvalue weighted by Crippen LogP contribution is -2.42. The predicted octanol–water partition coefficient (Wildman–Crippen LogP) is 1.10. The van der Waals surface area contributed by atoms with Crippen LogP contribution in [-0.4, -0.2) is 28.7 Å². The van der Waals surface area contributed by atoms with E-state index in [9.17, 15) is 13.2 Å². The number of oxime groups is 1. The molecule has 0 amide bonds. The molecule has 0 aromatic carbocycles. The van der Waals surface area contributed by atoms with Gasteiger partial charge in [-0.3, -0.25) is 4.98 Å². The van der Waals surface area contributed by atoms with Gasteiger partial charge in [-0.1, -0.05) is 5.16 Å². The van der Waals surface area contributed by atoms with Gasteiger partial charge < -0.3 is 16.3 Å². The van der Waals surface area contributed by atoms with Crippen LogP contribution in [0.2, 0.25) is 0 Å². The zero-order chi connectivity index (χ0) is 13.6. The molecule has 0 aliphatic carbocycles. The molecule has 0 fully saturated rings. The number of nitrogens with two attached hydrogens (primary N) is 1. The molecule has 100 valence electrons. The van der Waals surface area contributed by atoms with Crippen molar-refractivity contribution < 1.29 is 18.4 Å². The van der Waals surface area contributed by atoms with Gasteiger partial charge in [-0.25, -0.2) is 0 Å². The van der Waals surface area contributed by atoms with Gasteiger partial charge in [0, 0.05) is 25.5 Å². The molecule has 8 heteroatoms. The van der Waals surface area contributed by atoms with Gasteiger partial charge in [-0.15, -0.1) is 0 Å². The first kappa shape index (κ1) is 14.2. The normalized spacial score (nSPS) is 14.5. The van der Waals surface area contributed by atoms with Crippen molar-refractivity contribution in [2.24, 2.45) is 16.8 Å². The molecule has 5 nitrogen and oxygen atoms in total. The highest BCUT2D eigenvalue weighted by Gasteiger charge is 2.42. The molecule has 0 aliphatic rings. The molecule has 0 radical (unpaired) electrons. The highest BCUT2D eigenvalue weighted by molar-refractivity contribution is 5.83. The first-order chi connectivity index (χ1) is 8.45. The number of halogens is 3. The molecule has 1 unspecified atom stereocenters. The fourth-order valence-electron chi connectivity index (χ4n) is 1.32. The number of amidine groups is 1. The van der Waals surface area contributed by atoms with E-state index in [1.807, 2.05) is 0 Å². The Kier molecular flexibility index (Phi) is 4.90. The molecular formula is C10H13F3N4O. The van der Waals surface area contributed by atoms with E-state index in [1.54, 1.807) is 24.5 Å². The van der Waals surface area contributed by atoms with Crippen molar-refractivity contribution in [3.05, 3.63) is 30.1 Å². The Morgan fingerprint density at radius 3 is 2.56 bits per heavy atom. The molecule has 1 atom stereocenters. The highest BCUT2D eigenvalue weighted by atomic mass is 19.4. The Morgan fingerprint density at radius 2 is 2.06 bits per heavy atom. The van der Waals surface area contributed by atoms with Gasteiger partial charge in [0.05, 0.1) is 0 Å². The van der Waals surface area contributed by atoms with Gasteiger partial charge in [0.1, 0.15) is 5.92 Å². The third-order valence-electron chi connectivity index (χ3n) is 2.29. The molecule has 0 saturated carbocycles. The van der Waals surface area contributed by atoms with Crippen LogP contribution >= 0.6 is 0 Å². The second-order valence-corrected chi connectivity index (χ2v) is 3.61. The van der Waals surface area contributed by atoms with Crippen LogP contribution in [0.3, 0.4) is 0 Å². The molecule has 0 spiro atoms. The molecule has 1 heterocycles. The number of aromatic nitrogens is 1. The molecule has 0 aliphatic heterocycles. The number of alkyl halides is 3. The molecule has 1 rings (SSSR count). The fourth-order valence-corrected chi connectivity index (χ4v) is 1.32. The lowest BCUT2D eigenvalue weighted by Gasteiger charge is -2.19. The summed E-state index contributed by atoms with van der Waals surface area (Å²) < 4.78 is 37.7. The van der Waals surface area contributed by atoms with Gasteiger partial charge in [0.25, 0.3) is 0 Å². The smallest absolute Gasteiger partial charge is 0.400 e. The zero-order valence-corrected chi connectivity index (χ0v) is 9.35. The molecule has 1 aromatic heterocycles. The Morgan fingerprint density at radius 1 is 1.44 bits per heavy atom. The molecule has 0 saturated heterocycles. The number of nitrogens with one attached hydrogen (secondary N) is 1. The minimum atomic E-state index is -4.55. The standard InChI is InChI=1S/C10H13F3N4O/c11-10(12,13)8(9(14)17-18)6-16-5-7-1-3-15-4-2-7/h1-4,8,16,18H,5-6H2,(H2,14,17). The molecule has 0 bridgehead atoms. The second-order valence-electron chi connectivity index (χ2n) is 3.61. The predicted molar refractivity (Wildman–Crippen MR) is 58.9 cm³/mol. The minimum Gasteiger partial charge on any atom is -0.409 e. The van der Waals surface area contributed by atoms with Gasteiger partial charge >= 0.3 is 6.18 Å². The van der Waals surface area contributed by atoms with E-state index in [4.69, 9.17) is 10.9 Å². The first-order valence-electron chi connectivity index (χ1n) is 5.09. The quantitative estimate of drug-likeness (QED) is 0.321. The van der Waals surface area contributed by atoms with E-state index in [0.717, 1.165) is 5.56 Å². The average molecular weight is 262 g/mol. The van der Waals surface area contributed by atoms with Crippen LogP contribution in [0.4, 0.5) is 13.2 Å². The van der Waals surface area contributed by atoms with Crippen molar-refractivity contribution in [3.63, 3.8) is 0 Å². The summed E-state index contributed by atoms with van der Waals surface area (Å²) in [7, 11) is 0. The molecular weight excluding hydrogens is 249 g/mol. The van der Waals surface area contributed by atoms with Crippen molar-refractivity contribution in [1.29, 1.82) is 0 Å². The van der Waals surface area contributed by atoms with Crippen molar-refractivity contribution in [1.82, 2.24) is 10.3 Å². The van der Waals surface area contributed by atoms with E-state index in [1.165, 1.54) is 0 Å². The monoisotopic (exact) mass is 262 g/mol. The van der Waals surface area contributed by atoms with E-state index in [-0.39, 0.29) is 6.54 Å². The summed E-state index contributed by atoms with van der Waals surface area (Å²) in [6.07, 6.45) is -1.47. The Balaban J connectivity index is 2.54. The molecule has 18 heavy (non-hydrogen) atoms. The lowest BCUT2D eigenvalue weighted by molar-refractivity contribution is -0.154. The summed E-state index contributed by atoms with van der Waals surface area (Å²) in [6.45, 7) is -0.213. The SMILES string of the molecule is N/C(=N/O)C(CNCc1ccncc1)C(F)(F)F. The average Bonchev–Trinajstić information content (AvgIpc) is 2.33.